The third-order valence-electron chi connectivity index (χ3n) is 3.87. The van der Waals surface area contributed by atoms with Gasteiger partial charge in [-0.2, -0.15) is 0 Å². The van der Waals surface area contributed by atoms with Crippen LogP contribution < -0.4 is 10.2 Å². The number of anilines is 1. The molecular formula is C15H20N2O4. The number of carbonyl (C=O) groups excluding carboxylic acids is 1. The maximum Gasteiger partial charge on any atom is 0.321 e. The number of benzene rings is 1. The minimum absolute atomic E-state index is 0.0933. The van der Waals surface area contributed by atoms with Crippen molar-refractivity contribution >= 4 is 17.7 Å². The molecule has 0 aromatic heterocycles. The Morgan fingerprint density at radius 1 is 1.33 bits per heavy atom. The van der Waals surface area contributed by atoms with Gasteiger partial charge in [0.05, 0.1) is 5.92 Å². The van der Waals surface area contributed by atoms with Crippen LogP contribution in [0.15, 0.2) is 24.3 Å². The Bertz CT molecular complexity index is 532. The predicted octanol–water partition coefficient (Wildman–Crippen LogP) is 2.18. The van der Waals surface area contributed by atoms with Gasteiger partial charge in [-0.05, 0) is 31.4 Å². The van der Waals surface area contributed by atoms with Crippen molar-refractivity contribution in [2.24, 2.45) is 5.92 Å². The summed E-state index contributed by atoms with van der Waals surface area (Å²) in [6, 6.07) is 6.01. The van der Waals surface area contributed by atoms with Gasteiger partial charge in [-0.3, -0.25) is 9.69 Å². The van der Waals surface area contributed by atoms with Crippen LogP contribution in [0.1, 0.15) is 25.7 Å². The number of carboxylic acids is 1. The number of urea groups is 1. The molecule has 3 N–H and O–H groups in total. The van der Waals surface area contributed by atoms with Gasteiger partial charge in [0.25, 0.3) is 0 Å². The number of hydrogen-bond donors (Lipinski definition) is 3. The summed E-state index contributed by atoms with van der Waals surface area (Å²) >= 11 is 0. The maximum absolute atomic E-state index is 12.2. The summed E-state index contributed by atoms with van der Waals surface area (Å²) < 4.78 is 0. The van der Waals surface area contributed by atoms with Gasteiger partial charge in [-0.25, -0.2) is 4.79 Å². The highest BCUT2D eigenvalue weighted by molar-refractivity contribution is 5.91. The standard InChI is InChI=1S/C15H20N2O4/c1-17(12-6-3-7-13(18)9-12)15(21)16-11-5-2-4-10(8-11)14(19)20/h3,6-7,9-11,18H,2,4-5,8H2,1H3,(H,16,21)(H,19,20). The lowest BCUT2D eigenvalue weighted by atomic mass is 9.86. The van der Waals surface area contributed by atoms with E-state index in [0.29, 0.717) is 18.5 Å². The lowest BCUT2D eigenvalue weighted by Crippen LogP contribution is -2.45. The van der Waals surface area contributed by atoms with Crippen molar-refractivity contribution in [1.82, 2.24) is 5.32 Å². The van der Waals surface area contributed by atoms with Gasteiger partial charge in [0.15, 0.2) is 0 Å². The van der Waals surface area contributed by atoms with Crippen molar-refractivity contribution in [2.45, 2.75) is 31.7 Å². The SMILES string of the molecule is CN(C(=O)NC1CCCC(C(=O)O)C1)c1cccc(O)c1. The second-order valence-electron chi connectivity index (χ2n) is 5.43. The van der Waals surface area contributed by atoms with E-state index < -0.39 is 5.97 Å². The lowest BCUT2D eigenvalue weighted by Gasteiger charge is -2.29. The molecule has 0 saturated heterocycles. The zero-order valence-corrected chi connectivity index (χ0v) is 12.0. The van der Waals surface area contributed by atoms with Crippen LogP contribution >= 0.6 is 0 Å². The highest BCUT2D eigenvalue weighted by Gasteiger charge is 2.28. The number of aromatic hydroxyl groups is 1. The summed E-state index contributed by atoms with van der Waals surface area (Å²) in [6.07, 6.45) is 2.74. The first-order chi connectivity index (χ1) is 9.97. The van der Waals surface area contributed by atoms with E-state index >= 15 is 0 Å². The first kappa shape index (κ1) is 15.2. The maximum atomic E-state index is 12.2. The Kier molecular flexibility index (Phi) is 4.67. The molecule has 2 amide bonds. The predicted molar refractivity (Wildman–Crippen MR) is 78.4 cm³/mol. The molecule has 2 rings (SSSR count). The second-order valence-corrected chi connectivity index (χ2v) is 5.43. The summed E-state index contributed by atoms with van der Waals surface area (Å²) in [5.74, 6) is -1.08. The molecule has 1 aliphatic carbocycles. The Morgan fingerprint density at radius 3 is 2.76 bits per heavy atom. The molecule has 0 radical (unpaired) electrons. The van der Waals surface area contributed by atoms with Crippen molar-refractivity contribution in [3.8, 4) is 5.75 Å². The fourth-order valence-corrected chi connectivity index (χ4v) is 2.64. The number of nitrogens with one attached hydrogen (secondary N) is 1. The molecule has 114 valence electrons. The summed E-state index contributed by atoms with van der Waals surface area (Å²) in [5, 5.41) is 21.4. The van der Waals surface area contributed by atoms with Gasteiger partial charge in [-0.1, -0.05) is 12.5 Å². The number of nitrogens with zero attached hydrogens (tertiary/aromatic N) is 1. The van der Waals surface area contributed by atoms with Crippen LogP contribution in [0.4, 0.5) is 10.5 Å². The van der Waals surface area contributed by atoms with Crippen LogP contribution in [0.5, 0.6) is 5.75 Å². The van der Waals surface area contributed by atoms with Gasteiger partial charge in [0, 0.05) is 24.8 Å². The Morgan fingerprint density at radius 2 is 2.10 bits per heavy atom. The molecule has 6 nitrogen and oxygen atoms in total. The van der Waals surface area contributed by atoms with Crippen molar-refractivity contribution in [1.29, 1.82) is 0 Å². The average Bonchev–Trinajstić information content (AvgIpc) is 2.46. The molecule has 0 heterocycles. The first-order valence-electron chi connectivity index (χ1n) is 7.03. The number of carbonyl (C=O) groups is 2. The zero-order chi connectivity index (χ0) is 15.4. The highest BCUT2D eigenvalue weighted by atomic mass is 16.4. The molecule has 1 aliphatic rings. The Balaban J connectivity index is 1.96. The molecule has 0 bridgehead atoms. The van der Waals surface area contributed by atoms with Gasteiger partial charge >= 0.3 is 12.0 Å². The first-order valence-corrected chi connectivity index (χ1v) is 7.03. The number of phenolic OH excluding ortho intramolecular Hbond substituents is 1. The Labute approximate surface area is 123 Å². The monoisotopic (exact) mass is 292 g/mol. The van der Waals surface area contributed by atoms with Gasteiger partial charge in [-0.15, -0.1) is 0 Å². The van der Waals surface area contributed by atoms with E-state index in [1.165, 1.54) is 17.0 Å². The molecule has 0 spiro atoms. The normalized spacial score (nSPS) is 21.6. The van der Waals surface area contributed by atoms with Gasteiger partial charge in [0.1, 0.15) is 5.75 Å². The Hall–Kier alpha value is -2.24. The average molecular weight is 292 g/mol. The van der Waals surface area contributed by atoms with E-state index in [0.717, 1.165) is 12.8 Å². The molecule has 0 aliphatic heterocycles. The van der Waals surface area contributed by atoms with E-state index in [1.807, 2.05) is 0 Å². The van der Waals surface area contributed by atoms with E-state index in [1.54, 1.807) is 19.2 Å². The van der Waals surface area contributed by atoms with Crippen molar-refractivity contribution in [3.63, 3.8) is 0 Å². The zero-order valence-electron chi connectivity index (χ0n) is 12.0. The summed E-state index contributed by atoms with van der Waals surface area (Å²) in [6.45, 7) is 0. The molecule has 1 fully saturated rings. The molecule has 1 aromatic rings. The van der Waals surface area contributed by atoms with E-state index in [-0.39, 0.29) is 23.7 Å². The number of rotatable bonds is 3. The fourth-order valence-electron chi connectivity index (χ4n) is 2.64. The third kappa shape index (κ3) is 3.87. The van der Waals surface area contributed by atoms with Crippen LogP contribution in [0.25, 0.3) is 0 Å². The number of carboxylic acid groups (broad SMARTS) is 1. The molecule has 2 unspecified atom stereocenters. The fraction of sp³-hybridized carbons (Fsp3) is 0.467. The lowest BCUT2D eigenvalue weighted by molar-refractivity contribution is -0.143. The summed E-state index contributed by atoms with van der Waals surface area (Å²) in [7, 11) is 1.61. The number of phenols is 1. The van der Waals surface area contributed by atoms with Crippen LogP contribution in [0, 0.1) is 5.92 Å². The summed E-state index contributed by atoms with van der Waals surface area (Å²) in [5.41, 5.74) is 0.582. The molecule has 1 saturated carbocycles. The molecular weight excluding hydrogens is 272 g/mol. The van der Waals surface area contributed by atoms with Crippen LogP contribution in [-0.4, -0.2) is 35.3 Å². The van der Waals surface area contributed by atoms with Crippen LogP contribution in [0.2, 0.25) is 0 Å². The largest absolute Gasteiger partial charge is 0.508 e. The molecule has 6 heteroatoms. The minimum atomic E-state index is -0.796. The number of amides is 2. The molecule has 21 heavy (non-hydrogen) atoms. The van der Waals surface area contributed by atoms with E-state index in [4.69, 9.17) is 5.11 Å². The van der Waals surface area contributed by atoms with Crippen LogP contribution in [0.3, 0.4) is 0 Å². The van der Waals surface area contributed by atoms with Crippen molar-refractivity contribution in [3.05, 3.63) is 24.3 Å². The third-order valence-corrected chi connectivity index (χ3v) is 3.87. The van der Waals surface area contributed by atoms with Gasteiger partial charge < -0.3 is 15.5 Å². The van der Waals surface area contributed by atoms with Crippen molar-refractivity contribution in [2.75, 3.05) is 11.9 Å². The smallest absolute Gasteiger partial charge is 0.321 e. The van der Waals surface area contributed by atoms with E-state index in [2.05, 4.69) is 5.32 Å². The number of hydrogen-bond acceptors (Lipinski definition) is 3. The quantitative estimate of drug-likeness (QED) is 0.796. The minimum Gasteiger partial charge on any atom is -0.508 e. The van der Waals surface area contributed by atoms with Crippen LogP contribution in [-0.2, 0) is 4.79 Å². The molecule has 1 aromatic carbocycles. The number of aliphatic carboxylic acids is 1. The van der Waals surface area contributed by atoms with E-state index in [9.17, 15) is 14.7 Å². The second kappa shape index (κ2) is 6.47. The highest BCUT2D eigenvalue weighted by Crippen LogP contribution is 2.25. The van der Waals surface area contributed by atoms with Crippen molar-refractivity contribution < 1.29 is 19.8 Å². The molecule has 2 atom stereocenters. The summed E-state index contributed by atoms with van der Waals surface area (Å²) in [4.78, 5) is 24.6. The van der Waals surface area contributed by atoms with Gasteiger partial charge in [0.2, 0.25) is 0 Å². The topological polar surface area (TPSA) is 89.9 Å².